The van der Waals surface area contributed by atoms with E-state index in [4.69, 9.17) is 4.74 Å². The average molecular weight is 218 g/mol. The Morgan fingerprint density at radius 2 is 2.12 bits per heavy atom. The summed E-state index contributed by atoms with van der Waals surface area (Å²) in [5.74, 6) is 1.78. The van der Waals surface area contributed by atoms with Gasteiger partial charge in [-0.25, -0.2) is 0 Å². The van der Waals surface area contributed by atoms with Crippen LogP contribution in [-0.4, -0.2) is 11.7 Å². The highest BCUT2D eigenvalue weighted by molar-refractivity contribution is 5.57. The van der Waals surface area contributed by atoms with Gasteiger partial charge in [-0.2, -0.15) is 0 Å². The molecule has 1 aromatic rings. The first-order chi connectivity index (χ1) is 7.79. The molecule has 1 aliphatic rings. The number of phenols is 1. The number of ether oxygens (including phenoxy) is 1. The van der Waals surface area contributed by atoms with Gasteiger partial charge >= 0.3 is 0 Å². The molecule has 0 atom stereocenters. The molecular weight excluding hydrogens is 200 g/mol. The molecule has 2 nitrogen and oxygen atoms in total. The van der Waals surface area contributed by atoms with E-state index in [2.05, 4.69) is 6.58 Å². The van der Waals surface area contributed by atoms with E-state index in [0.29, 0.717) is 5.92 Å². The zero-order valence-corrected chi connectivity index (χ0v) is 9.48. The van der Waals surface area contributed by atoms with Crippen LogP contribution in [0.5, 0.6) is 11.5 Å². The van der Waals surface area contributed by atoms with Crippen molar-refractivity contribution in [3.05, 3.63) is 30.3 Å². The van der Waals surface area contributed by atoms with Crippen LogP contribution in [0, 0.1) is 5.92 Å². The van der Waals surface area contributed by atoms with E-state index < -0.39 is 0 Å². The maximum atomic E-state index is 9.49. The first kappa shape index (κ1) is 11.1. The molecule has 1 fully saturated rings. The highest BCUT2D eigenvalue weighted by Crippen LogP contribution is 2.27. The summed E-state index contributed by atoms with van der Waals surface area (Å²) >= 11 is 0. The molecule has 0 spiro atoms. The fourth-order valence-electron chi connectivity index (χ4n) is 2.18. The molecule has 0 unspecified atom stereocenters. The van der Waals surface area contributed by atoms with Crippen LogP contribution < -0.4 is 4.74 Å². The van der Waals surface area contributed by atoms with Crippen LogP contribution in [0.2, 0.25) is 0 Å². The van der Waals surface area contributed by atoms with Crippen LogP contribution in [0.3, 0.4) is 0 Å². The highest BCUT2D eigenvalue weighted by atomic mass is 16.5. The average Bonchev–Trinajstić information content (AvgIpc) is 2.81. The van der Waals surface area contributed by atoms with Gasteiger partial charge in [0.15, 0.2) is 0 Å². The van der Waals surface area contributed by atoms with E-state index in [-0.39, 0.29) is 5.75 Å². The van der Waals surface area contributed by atoms with Gasteiger partial charge in [-0.05, 0) is 37.0 Å². The number of rotatable bonds is 4. The van der Waals surface area contributed by atoms with Crippen molar-refractivity contribution in [2.24, 2.45) is 5.92 Å². The van der Waals surface area contributed by atoms with Gasteiger partial charge in [-0.3, -0.25) is 0 Å². The lowest BCUT2D eigenvalue weighted by molar-refractivity contribution is 0.252. The van der Waals surface area contributed by atoms with Gasteiger partial charge in [0.1, 0.15) is 11.5 Å². The summed E-state index contributed by atoms with van der Waals surface area (Å²) in [6, 6.07) is 5.29. The Labute approximate surface area is 96.6 Å². The topological polar surface area (TPSA) is 29.5 Å². The SMILES string of the molecule is C=Cc1cc(OCC2CCCC2)ccc1O. The molecule has 86 valence electrons. The van der Waals surface area contributed by atoms with Crippen molar-refractivity contribution in [1.29, 1.82) is 0 Å². The Hall–Kier alpha value is -1.44. The van der Waals surface area contributed by atoms with Crippen LogP contribution in [-0.2, 0) is 0 Å². The van der Waals surface area contributed by atoms with E-state index in [0.717, 1.165) is 17.9 Å². The molecule has 0 heterocycles. The molecule has 0 aliphatic heterocycles. The van der Waals surface area contributed by atoms with Crippen molar-refractivity contribution in [2.45, 2.75) is 25.7 Å². The molecule has 2 heteroatoms. The Balaban J connectivity index is 1.95. The van der Waals surface area contributed by atoms with Gasteiger partial charge in [0.25, 0.3) is 0 Å². The van der Waals surface area contributed by atoms with Crippen molar-refractivity contribution >= 4 is 6.08 Å². The number of hydrogen-bond donors (Lipinski definition) is 1. The Morgan fingerprint density at radius 3 is 2.81 bits per heavy atom. The Kier molecular flexibility index (Phi) is 3.50. The van der Waals surface area contributed by atoms with Crippen LogP contribution >= 0.6 is 0 Å². The minimum atomic E-state index is 0.253. The minimum absolute atomic E-state index is 0.253. The second kappa shape index (κ2) is 5.06. The highest BCUT2D eigenvalue weighted by Gasteiger charge is 2.15. The van der Waals surface area contributed by atoms with E-state index in [9.17, 15) is 5.11 Å². The van der Waals surface area contributed by atoms with Crippen molar-refractivity contribution in [2.75, 3.05) is 6.61 Å². The fraction of sp³-hybridized carbons (Fsp3) is 0.429. The molecule has 0 radical (unpaired) electrons. The van der Waals surface area contributed by atoms with Crippen LogP contribution in [0.25, 0.3) is 6.08 Å². The maximum Gasteiger partial charge on any atom is 0.123 e. The summed E-state index contributed by atoms with van der Waals surface area (Å²) < 4.78 is 5.73. The Bertz CT molecular complexity index is 365. The molecule has 0 aromatic heterocycles. The standard InChI is InChI=1S/C14H18O2/c1-2-12-9-13(7-8-14(12)15)16-10-11-5-3-4-6-11/h2,7-9,11,15H,1,3-6,10H2. The fourth-order valence-corrected chi connectivity index (χ4v) is 2.18. The number of phenolic OH excluding ortho intramolecular Hbond substituents is 1. The lowest BCUT2D eigenvalue weighted by atomic mass is 10.1. The molecule has 0 saturated heterocycles. The summed E-state index contributed by atoms with van der Waals surface area (Å²) in [4.78, 5) is 0. The van der Waals surface area contributed by atoms with Crippen LogP contribution in [0.15, 0.2) is 24.8 Å². The molecule has 0 bridgehead atoms. The van der Waals surface area contributed by atoms with Gasteiger partial charge < -0.3 is 9.84 Å². The molecule has 16 heavy (non-hydrogen) atoms. The second-order valence-electron chi connectivity index (χ2n) is 4.39. The van der Waals surface area contributed by atoms with E-state index in [1.54, 1.807) is 18.2 Å². The van der Waals surface area contributed by atoms with Gasteiger partial charge in [0.2, 0.25) is 0 Å². The monoisotopic (exact) mass is 218 g/mol. The second-order valence-corrected chi connectivity index (χ2v) is 4.39. The molecule has 1 aromatic carbocycles. The largest absolute Gasteiger partial charge is 0.507 e. The summed E-state index contributed by atoms with van der Waals surface area (Å²) in [5.41, 5.74) is 0.726. The summed E-state index contributed by atoms with van der Waals surface area (Å²) in [5, 5.41) is 9.49. The van der Waals surface area contributed by atoms with Crippen molar-refractivity contribution in [3.8, 4) is 11.5 Å². The van der Waals surface area contributed by atoms with Crippen LogP contribution in [0.4, 0.5) is 0 Å². The van der Waals surface area contributed by atoms with E-state index >= 15 is 0 Å². The predicted molar refractivity (Wildman–Crippen MR) is 65.7 cm³/mol. The zero-order chi connectivity index (χ0) is 11.4. The number of benzene rings is 1. The molecule has 0 amide bonds. The lowest BCUT2D eigenvalue weighted by Crippen LogP contribution is -2.07. The van der Waals surface area contributed by atoms with Gasteiger partial charge in [0, 0.05) is 5.56 Å². The van der Waals surface area contributed by atoms with E-state index in [1.165, 1.54) is 25.7 Å². The quantitative estimate of drug-likeness (QED) is 0.836. The number of hydrogen-bond acceptors (Lipinski definition) is 2. The zero-order valence-electron chi connectivity index (χ0n) is 9.48. The summed E-state index contributed by atoms with van der Waals surface area (Å²) in [7, 11) is 0. The van der Waals surface area contributed by atoms with Crippen LogP contribution in [0.1, 0.15) is 31.2 Å². The maximum absolute atomic E-state index is 9.49. The first-order valence-corrected chi connectivity index (χ1v) is 5.88. The van der Waals surface area contributed by atoms with Gasteiger partial charge in [-0.15, -0.1) is 0 Å². The van der Waals surface area contributed by atoms with Gasteiger partial charge in [0.05, 0.1) is 6.61 Å². The van der Waals surface area contributed by atoms with E-state index in [1.807, 2.05) is 6.07 Å². The van der Waals surface area contributed by atoms with Gasteiger partial charge in [-0.1, -0.05) is 25.5 Å². The molecule has 2 rings (SSSR count). The number of aromatic hydroxyl groups is 1. The predicted octanol–water partition coefficient (Wildman–Crippen LogP) is 3.60. The first-order valence-electron chi connectivity index (χ1n) is 5.88. The van der Waals surface area contributed by atoms with Crippen molar-refractivity contribution in [3.63, 3.8) is 0 Å². The van der Waals surface area contributed by atoms with Crippen molar-refractivity contribution < 1.29 is 9.84 Å². The molecule has 1 aliphatic carbocycles. The molecular formula is C14H18O2. The summed E-state index contributed by atoms with van der Waals surface area (Å²) in [6.07, 6.45) is 6.87. The Morgan fingerprint density at radius 1 is 1.38 bits per heavy atom. The molecule has 1 N–H and O–H groups in total. The third-order valence-corrected chi connectivity index (χ3v) is 3.18. The molecule has 1 saturated carbocycles. The third kappa shape index (κ3) is 2.57. The normalized spacial score (nSPS) is 16.2. The van der Waals surface area contributed by atoms with Crippen molar-refractivity contribution in [1.82, 2.24) is 0 Å². The minimum Gasteiger partial charge on any atom is -0.507 e. The third-order valence-electron chi connectivity index (χ3n) is 3.18. The lowest BCUT2D eigenvalue weighted by Gasteiger charge is -2.12. The smallest absolute Gasteiger partial charge is 0.123 e. The summed E-state index contributed by atoms with van der Waals surface area (Å²) in [6.45, 7) is 4.45.